The van der Waals surface area contributed by atoms with Crippen molar-refractivity contribution in [1.29, 1.82) is 0 Å². The number of methoxy groups -OCH3 is 1. The minimum Gasteiger partial charge on any atom is -0.481 e. The molecular weight excluding hydrogens is 224 g/mol. The van der Waals surface area contributed by atoms with Crippen LogP contribution >= 0.6 is 0 Å². The smallest absolute Gasteiger partial charge is 0.354 e. The number of aromatic nitrogens is 1. The van der Waals surface area contributed by atoms with Gasteiger partial charge in [0.2, 0.25) is 0 Å². The molecule has 1 atom stereocenters. The summed E-state index contributed by atoms with van der Waals surface area (Å²) in [5.74, 6) is -1.68. The van der Waals surface area contributed by atoms with E-state index in [9.17, 15) is 9.59 Å². The minimum absolute atomic E-state index is 0.0605. The zero-order chi connectivity index (χ0) is 13.0. The summed E-state index contributed by atoms with van der Waals surface area (Å²) in [5.41, 5.74) is 6.65. The molecule has 1 heterocycles. The fourth-order valence-corrected chi connectivity index (χ4v) is 1.77. The number of carboxylic acid groups (broad SMARTS) is 1. The quantitative estimate of drug-likeness (QED) is 0.723. The number of hydrogen-bond acceptors (Lipinski definition) is 4. The Kier molecular flexibility index (Phi) is 4.28. The SMILES string of the molecule is COC(=O)c1ccc(C(CN)CC(=O)O)n1C. The Labute approximate surface area is 99.0 Å². The lowest BCUT2D eigenvalue weighted by Crippen LogP contribution is -2.20. The van der Waals surface area contributed by atoms with Gasteiger partial charge in [0.05, 0.1) is 13.5 Å². The second-order valence-corrected chi connectivity index (χ2v) is 3.72. The summed E-state index contributed by atoms with van der Waals surface area (Å²) in [4.78, 5) is 22.1. The Balaban J connectivity index is 3.01. The number of nitrogens with zero attached hydrogens (tertiary/aromatic N) is 1. The number of nitrogens with two attached hydrogens (primary N) is 1. The molecule has 1 unspecified atom stereocenters. The average molecular weight is 240 g/mol. The van der Waals surface area contributed by atoms with Crippen LogP contribution in [0, 0.1) is 0 Å². The van der Waals surface area contributed by atoms with Crippen LogP contribution in [0.15, 0.2) is 12.1 Å². The number of carbonyl (C=O) groups excluding carboxylic acids is 1. The third-order valence-corrected chi connectivity index (χ3v) is 2.68. The molecule has 94 valence electrons. The molecule has 0 saturated heterocycles. The largest absolute Gasteiger partial charge is 0.481 e. The molecule has 0 amide bonds. The maximum atomic E-state index is 11.4. The zero-order valence-electron chi connectivity index (χ0n) is 9.84. The van der Waals surface area contributed by atoms with Crippen LogP contribution in [-0.2, 0) is 16.6 Å². The number of hydrogen-bond donors (Lipinski definition) is 2. The van der Waals surface area contributed by atoms with Gasteiger partial charge in [-0.3, -0.25) is 4.79 Å². The fourth-order valence-electron chi connectivity index (χ4n) is 1.77. The highest BCUT2D eigenvalue weighted by Gasteiger charge is 2.20. The van der Waals surface area contributed by atoms with E-state index < -0.39 is 11.9 Å². The maximum absolute atomic E-state index is 11.4. The third kappa shape index (κ3) is 2.85. The monoisotopic (exact) mass is 240 g/mol. The fraction of sp³-hybridized carbons (Fsp3) is 0.455. The lowest BCUT2D eigenvalue weighted by molar-refractivity contribution is -0.137. The Hall–Kier alpha value is -1.82. The molecule has 0 aliphatic carbocycles. The summed E-state index contributed by atoms with van der Waals surface area (Å²) in [6, 6.07) is 3.30. The van der Waals surface area contributed by atoms with Gasteiger partial charge in [-0.15, -0.1) is 0 Å². The Morgan fingerprint density at radius 2 is 2.18 bits per heavy atom. The van der Waals surface area contributed by atoms with E-state index in [-0.39, 0.29) is 18.9 Å². The molecule has 0 aromatic carbocycles. The van der Waals surface area contributed by atoms with Crippen LogP contribution in [0.3, 0.4) is 0 Å². The highest BCUT2D eigenvalue weighted by atomic mass is 16.5. The summed E-state index contributed by atoms with van der Waals surface area (Å²) in [6.07, 6.45) is -0.0605. The first-order valence-corrected chi connectivity index (χ1v) is 5.17. The van der Waals surface area contributed by atoms with Crippen LogP contribution in [-0.4, -0.2) is 35.3 Å². The van der Waals surface area contributed by atoms with E-state index in [2.05, 4.69) is 4.74 Å². The molecule has 17 heavy (non-hydrogen) atoms. The summed E-state index contributed by atoms with van der Waals surface area (Å²) in [6.45, 7) is 0.213. The van der Waals surface area contributed by atoms with Crippen LogP contribution in [0.2, 0.25) is 0 Å². The van der Waals surface area contributed by atoms with Gasteiger partial charge in [-0.2, -0.15) is 0 Å². The molecule has 3 N–H and O–H groups in total. The Morgan fingerprint density at radius 3 is 2.65 bits per heavy atom. The molecule has 1 rings (SSSR count). The van der Waals surface area contributed by atoms with Gasteiger partial charge in [-0.1, -0.05) is 0 Å². The molecule has 1 aromatic rings. The first-order chi connectivity index (χ1) is 8.01. The first-order valence-electron chi connectivity index (χ1n) is 5.17. The normalized spacial score (nSPS) is 12.2. The Morgan fingerprint density at radius 1 is 1.53 bits per heavy atom. The van der Waals surface area contributed by atoms with E-state index >= 15 is 0 Å². The number of aliphatic carboxylic acids is 1. The molecule has 0 saturated carbocycles. The molecule has 0 aliphatic heterocycles. The third-order valence-electron chi connectivity index (χ3n) is 2.68. The molecule has 0 radical (unpaired) electrons. The van der Waals surface area contributed by atoms with Gasteiger partial charge in [0.25, 0.3) is 0 Å². The first kappa shape index (κ1) is 13.2. The van der Waals surface area contributed by atoms with Gasteiger partial charge in [0, 0.05) is 25.2 Å². The molecule has 0 bridgehead atoms. The average Bonchev–Trinajstić information content (AvgIpc) is 2.67. The predicted octanol–water partition coefficient (Wildman–Crippen LogP) is 0.329. The van der Waals surface area contributed by atoms with Gasteiger partial charge in [0.1, 0.15) is 5.69 Å². The summed E-state index contributed by atoms with van der Waals surface area (Å²) >= 11 is 0. The molecule has 6 heteroatoms. The van der Waals surface area contributed by atoms with Gasteiger partial charge in [0.15, 0.2) is 0 Å². The second-order valence-electron chi connectivity index (χ2n) is 3.72. The minimum atomic E-state index is -0.915. The van der Waals surface area contributed by atoms with E-state index in [1.165, 1.54) is 7.11 Å². The van der Waals surface area contributed by atoms with Crippen LogP contribution in [0.5, 0.6) is 0 Å². The summed E-state index contributed by atoms with van der Waals surface area (Å²) < 4.78 is 6.23. The van der Waals surface area contributed by atoms with Crippen molar-refractivity contribution in [3.8, 4) is 0 Å². The van der Waals surface area contributed by atoms with Crippen molar-refractivity contribution in [3.05, 3.63) is 23.5 Å². The van der Waals surface area contributed by atoms with E-state index in [0.29, 0.717) is 5.69 Å². The zero-order valence-corrected chi connectivity index (χ0v) is 9.84. The second kappa shape index (κ2) is 5.49. The highest BCUT2D eigenvalue weighted by molar-refractivity contribution is 5.87. The van der Waals surface area contributed by atoms with E-state index in [1.807, 2.05) is 0 Å². The number of ether oxygens (including phenoxy) is 1. The molecular formula is C11H16N2O4. The number of carbonyl (C=O) groups is 2. The standard InChI is InChI=1S/C11H16N2O4/c1-13-8(7(6-12)5-10(14)15)3-4-9(13)11(16)17-2/h3-4,7H,5-6,12H2,1-2H3,(H,14,15). The maximum Gasteiger partial charge on any atom is 0.354 e. The highest BCUT2D eigenvalue weighted by Crippen LogP contribution is 2.21. The molecule has 0 spiro atoms. The molecule has 0 aliphatic rings. The van der Waals surface area contributed by atoms with Crippen LogP contribution in [0.1, 0.15) is 28.5 Å². The lowest BCUT2D eigenvalue weighted by Gasteiger charge is -2.14. The lowest BCUT2D eigenvalue weighted by atomic mass is 10.0. The topological polar surface area (TPSA) is 94.6 Å². The van der Waals surface area contributed by atoms with Crippen molar-refractivity contribution in [2.45, 2.75) is 12.3 Å². The molecule has 0 fully saturated rings. The van der Waals surface area contributed by atoms with Crippen molar-refractivity contribution < 1.29 is 19.4 Å². The van der Waals surface area contributed by atoms with E-state index in [1.54, 1.807) is 23.7 Å². The number of carboxylic acids is 1. The molecule has 6 nitrogen and oxygen atoms in total. The van der Waals surface area contributed by atoms with Crippen molar-refractivity contribution in [1.82, 2.24) is 4.57 Å². The Bertz CT molecular complexity index is 425. The van der Waals surface area contributed by atoms with E-state index in [0.717, 1.165) is 5.69 Å². The van der Waals surface area contributed by atoms with Gasteiger partial charge in [-0.05, 0) is 12.1 Å². The summed E-state index contributed by atoms with van der Waals surface area (Å²) in [5, 5.41) is 8.77. The van der Waals surface area contributed by atoms with Crippen LogP contribution in [0.25, 0.3) is 0 Å². The van der Waals surface area contributed by atoms with Crippen molar-refractivity contribution in [2.75, 3.05) is 13.7 Å². The van der Waals surface area contributed by atoms with Crippen molar-refractivity contribution >= 4 is 11.9 Å². The summed E-state index contributed by atoms with van der Waals surface area (Å²) in [7, 11) is 2.98. The predicted molar refractivity (Wildman–Crippen MR) is 60.8 cm³/mol. The molecule has 1 aromatic heterocycles. The van der Waals surface area contributed by atoms with Gasteiger partial charge in [-0.25, -0.2) is 4.79 Å². The van der Waals surface area contributed by atoms with Crippen LogP contribution < -0.4 is 5.73 Å². The van der Waals surface area contributed by atoms with Crippen molar-refractivity contribution in [2.24, 2.45) is 12.8 Å². The van der Waals surface area contributed by atoms with Crippen LogP contribution in [0.4, 0.5) is 0 Å². The van der Waals surface area contributed by atoms with Crippen molar-refractivity contribution in [3.63, 3.8) is 0 Å². The van der Waals surface area contributed by atoms with Gasteiger partial charge >= 0.3 is 11.9 Å². The van der Waals surface area contributed by atoms with Gasteiger partial charge < -0.3 is 20.1 Å². The van der Waals surface area contributed by atoms with E-state index in [4.69, 9.17) is 10.8 Å². The number of esters is 1. The number of rotatable bonds is 5.